The highest BCUT2D eigenvalue weighted by Gasteiger charge is 2.38. The molecular formula is C23H24I2O8. The number of methoxy groups -OCH3 is 2. The van der Waals surface area contributed by atoms with Crippen LogP contribution in [-0.4, -0.2) is 42.8 Å². The summed E-state index contributed by atoms with van der Waals surface area (Å²) >= 11 is 4.54. The second-order valence-electron chi connectivity index (χ2n) is 7.17. The van der Waals surface area contributed by atoms with E-state index in [9.17, 15) is 9.59 Å². The van der Waals surface area contributed by atoms with Crippen LogP contribution in [0.25, 0.3) is 0 Å². The van der Waals surface area contributed by atoms with Crippen LogP contribution in [0.15, 0.2) is 36.4 Å². The van der Waals surface area contributed by atoms with Gasteiger partial charge in [-0.1, -0.05) is 57.3 Å². The Hall–Kier alpha value is -1.96. The number of carbonyl (C=O) groups excluding carboxylic acids is 2. The maximum atomic E-state index is 11.5. The van der Waals surface area contributed by atoms with Crippen LogP contribution in [0.5, 0.6) is 23.0 Å². The van der Waals surface area contributed by atoms with E-state index >= 15 is 0 Å². The zero-order valence-electron chi connectivity index (χ0n) is 18.1. The first-order valence-corrected chi connectivity index (χ1v) is 13.1. The van der Waals surface area contributed by atoms with Crippen LogP contribution in [0, 0.1) is 11.8 Å². The van der Waals surface area contributed by atoms with Crippen molar-refractivity contribution in [2.24, 2.45) is 11.8 Å². The van der Waals surface area contributed by atoms with Gasteiger partial charge < -0.3 is 28.4 Å². The fourth-order valence-corrected chi connectivity index (χ4v) is 6.16. The van der Waals surface area contributed by atoms with Gasteiger partial charge in [0.15, 0.2) is 23.0 Å². The van der Waals surface area contributed by atoms with Crippen molar-refractivity contribution < 1.29 is 38.0 Å². The van der Waals surface area contributed by atoms with E-state index in [-0.39, 0.29) is 18.6 Å². The van der Waals surface area contributed by atoms with Gasteiger partial charge in [-0.3, -0.25) is 9.59 Å². The lowest BCUT2D eigenvalue weighted by Crippen LogP contribution is -2.32. The van der Waals surface area contributed by atoms with E-state index in [4.69, 9.17) is 28.4 Å². The number of benzene rings is 2. The summed E-state index contributed by atoms with van der Waals surface area (Å²) in [5.41, 5.74) is 1.53. The average Bonchev–Trinajstić information content (AvgIpc) is 3.32. The molecule has 0 radical (unpaired) electrons. The lowest BCUT2D eigenvalue weighted by Gasteiger charge is -2.35. The van der Waals surface area contributed by atoms with Gasteiger partial charge in [0.05, 0.1) is 14.2 Å². The molecule has 0 spiro atoms. The first kappa shape index (κ1) is 25.7. The highest BCUT2D eigenvalue weighted by atomic mass is 127. The van der Waals surface area contributed by atoms with Gasteiger partial charge in [-0.25, -0.2) is 0 Å². The molecule has 1 aliphatic heterocycles. The minimum absolute atomic E-state index is 0.151. The number of hydrogen-bond acceptors (Lipinski definition) is 8. The Bertz CT molecular complexity index is 954. The Morgan fingerprint density at radius 2 is 1.36 bits per heavy atom. The van der Waals surface area contributed by atoms with Crippen molar-refractivity contribution in [3.05, 3.63) is 47.5 Å². The molecular weight excluding hydrogens is 658 g/mol. The van der Waals surface area contributed by atoms with Gasteiger partial charge in [-0.15, -0.1) is 0 Å². The number of alkyl halides is 2. The predicted molar refractivity (Wildman–Crippen MR) is 137 cm³/mol. The van der Waals surface area contributed by atoms with E-state index in [0.29, 0.717) is 44.8 Å². The second-order valence-corrected chi connectivity index (χ2v) is 8.93. The number of halogens is 2. The molecule has 0 unspecified atom stereocenters. The normalized spacial score (nSPS) is 15.6. The van der Waals surface area contributed by atoms with Crippen molar-refractivity contribution in [1.82, 2.24) is 0 Å². The van der Waals surface area contributed by atoms with E-state index in [1.54, 1.807) is 32.4 Å². The second kappa shape index (κ2) is 12.5. The van der Waals surface area contributed by atoms with Gasteiger partial charge >= 0.3 is 0 Å². The highest BCUT2D eigenvalue weighted by molar-refractivity contribution is 14.1. The van der Waals surface area contributed by atoms with Crippen LogP contribution < -0.4 is 18.9 Å². The SMILES string of the molecule is COc1ccc([C@@H](OC=O)[C@@H](CI)[C@H](CI)[C@H](OC=O)c2ccc3c(c2)OCO3)cc1OC. The summed E-state index contributed by atoms with van der Waals surface area (Å²) < 4.78 is 34.2. The van der Waals surface area contributed by atoms with Gasteiger partial charge in [0.25, 0.3) is 12.9 Å². The van der Waals surface area contributed by atoms with Crippen molar-refractivity contribution >= 4 is 58.1 Å². The summed E-state index contributed by atoms with van der Waals surface area (Å²) in [6.07, 6.45) is -1.17. The van der Waals surface area contributed by atoms with Crippen molar-refractivity contribution in [1.29, 1.82) is 0 Å². The molecule has 0 aliphatic carbocycles. The van der Waals surface area contributed by atoms with E-state index in [2.05, 4.69) is 45.2 Å². The third-order valence-electron chi connectivity index (χ3n) is 5.55. The van der Waals surface area contributed by atoms with E-state index in [1.807, 2.05) is 18.2 Å². The molecule has 1 aliphatic rings. The Morgan fingerprint density at radius 3 is 1.91 bits per heavy atom. The highest BCUT2D eigenvalue weighted by Crippen LogP contribution is 2.44. The molecule has 33 heavy (non-hydrogen) atoms. The Morgan fingerprint density at radius 1 is 0.818 bits per heavy atom. The lowest BCUT2D eigenvalue weighted by molar-refractivity contribution is -0.144. The summed E-state index contributed by atoms with van der Waals surface area (Å²) in [6.45, 7) is 1.05. The summed E-state index contributed by atoms with van der Waals surface area (Å²) in [5, 5.41) is 0. The number of rotatable bonds is 13. The van der Waals surface area contributed by atoms with Crippen LogP contribution >= 0.6 is 45.2 Å². The molecule has 8 nitrogen and oxygen atoms in total. The zero-order chi connectivity index (χ0) is 23.8. The fraction of sp³-hybridized carbons (Fsp3) is 0.391. The molecule has 178 valence electrons. The minimum atomic E-state index is -0.592. The smallest absolute Gasteiger partial charge is 0.293 e. The largest absolute Gasteiger partial charge is 0.493 e. The van der Waals surface area contributed by atoms with Crippen molar-refractivity contribution in [3.63, 3.8) is 0 Å². The van der Waals surface area contributed by atoms with Crippen molar-refractivity contribution in [2.45, 2.75) is 12.2 Å². The molecule has 1 heterocycles. The van der Waals surface area contributed by atoms with E-state index in [0.717, 1.165) is 11.1 Å². The lowest BCUT2D eigenvalue weighted by atomic mass is 9.81. The molecule has 2 aromatic carbocycles. The maximum Gasteiger partial charge on any atom is 0.293 e. The number of ether oxygens (including phenoxy) is 6. The molecule has 0 amide bonds. The number of carbonyl (C=O) groups is 2. The van der Waals surface area contributed by atoms with Crippen LogP contribution in [0.3, 0.4) is 0 Å². The first-order chi connectivity index (χ1) is 16.1. The van der Waals surface area contributed by atoms with Gasteiger partial charge in [0, 0.05) is 20.7 Å². The van der Waals surface area contributed by atoms with Crippen LogP contribution in [0.2, 0.25) is 0 Å². The van der Waals surface area contributed by atoms with E-state index in [1.165, 1.54) is 0 Å². The third-order valence-corrected chi connectivity index (χ3v) is 7.58. The summed E-state index contributed by atoms with van der Waals surface area (Å²) in [6, 6.07) is 10.9. The van der Waals surface area contributed by atoms with Crippen molar-refractivity contribution in [3.8, 4) is 23.0 Å². The fourth-order valence-electron chi connectivity index (χ4n) is 3.93. The third kappa shape index (κ3) is 5.76. The molecule has 0 saturated carbocycles. The van der Waals surface area contributed by atoms with Gasteiger partial charge in [-0.2, -0.15) is 0 Å². The molecule has 2 aromatic rings. The molecule has 0 bridgehead atoms. The van der Waals surface area contributed by atoms with Gasteiger partial charge in [0.2, 0.25) is 6.79 Å². The quantitative estimate of drug-likeness (QED) is 0.171. The Labute approximate surface area is 219 Å². The Kier molecular flexibility index (Phi) is 9.71. The number of hydrogen-bond donors (Lipinski definition) is 0. The average molecular weight is 682 g/mol. The Balaban J connectivity index is 2.01. The van der Waals surface area contributed by atoms with Crippen molar-refractivity contribution in [2.75, 3.05) is 29.9 Å². The predicted octanol–water partition coefficient (Wildman–Crippen LogP) is 4.66. The molecule has 0 saturated heterocycles. The molecule has 0 N–H and O–H groups in total. The van der Waals surface area contributed by atoms with Gasteiger partial charge in [-0.05, 0) is 35.4 Å². The van der Waals surface area contributed by atoms with E-state index < -0.39 is 12.2 Å². The molecule has 10 heteroatoms. The molecule has 0 fully saturated rings. The summed E-state index contributed by atoms with van der Waals surface area (Å²) in [4.78, 5) is 23.0. The molecule has 4 atom stereocenters. The van der Waals surface area contributed by atoms with Crippen LogP contribution in [-0.2, 0) is 19.1 Å². The number of fused-ring (bicyclic) bond motifs is 1. The minimum Gasteiger partial charge on any atom is -0.493 e. The standard InChI is InChI=1S/C23H24I2O8/c1-28-18-5-3-14(7-20(18)29-2)22(30-11-26)16(9-24)17(10-25)23(31-12-27)15-4-6-19-21(8-15)33-13-32-19/h3-8,11-12,16-17,22-23H,9-10,13H2,1-2H3/t16-,17-,22+,23+/m0/s1. The maximum absolute atomic E-state index is 11.5. The van der Waals surface area contributed by atoms with Gasteiger partial charge in [0.1, 0.15) is 12.2 Å². The topological polar surface area (TPSA) is 89.5 Å². The molecule has 3 rings (SSSR count). The summed E-state index contributed by atoms with van der Waals surface area (Å²) in [7, 11) is 3.11. The molecule has 0 aromatic heterocycles. The monoisotopic (exact) mass is 682 g/mol. The van der Waals surface area contributed by atoms with Crippen LogP contribution in [0.4, 0.5) is 0 Å². The summed E-state index contributed by atoms with van der Waals surface area (Å²) in [5.74, 6) is 2.00. The first-order valence-electron chi connectivity index (χ1n) is 10.0. The van der Waals surface area contributed by atoms with Crippen LogP contribution in [0.1, 0.15) is 23.3 Å². The zero-order valence-corrected chi connectivity index (χ0v) is 22.4.